The van der Waals surface area contributed by atoms with E-state index in [0.717, 1.165) is 22.9 Å². The Kier molecular flexibility index (Phi) is 5.77. The van der Waals surface area contributed by atoms with Gasteiger partial charge in [0.05, 0.1) is 13.2 Å². The van der Waals surface area contributed by atoms with Crippen molar-refractivity contribution < 1.29 is 14.3 Å². The number of nitrogens with one attached hydrogen (secondary N) is 2. The molecule has 0 fully saturated rings. The van der Waals surface area contributed by atoms with Crippen LogP contribution in [0.25, 0.3) is 0 Å². The van der Waals surface area contributed by atoms with E-state index in [1.165, 1.54) is 7.11 Å². The Morgan fingerprint density at radius 2 is 2.00 bits per heavy atom. The highest BCUT2D eigenvalue weighted by Crippen LogP contribution is 2.18. The summed E-state index contributed by atoms with van der Waals surface area (Å²) in [7, 11) is 1.27. The smallest absolute Gasteiger partial charge is 0.332 e. The van der Waals surface area contributed by atoms with Crippen molar-refractivity contribution in [3.8, 4) is 0 Å². The predicted molar refractivity (Wildman–Crippen MR) is 78.3 cm³/mol. The molecule has 1 amide bonds. The second kappa shape index (κ2) is 7.33. The third-order valence-corrected chi connectivity index (χ3v) is 2.71. The lowest BCUT2D eigenvalue weighted by atomic mass is 10.1. The van der Waals surface area contributed by atoms with Crippen LogP contribution in [-0.2, 0) is 14.3 Å². The first-order chi connectivity index (χ1) is 9.47. The Balaban J connectivity index is 3.06. The Morgan fingerprint density at radius 3 is 2.60 bits per heavy atom. The number of methoxy groups -OCH3 is 1. The quantitative estimate of drug-likeness (QED) is 0.637. The highest BCUT2D eigenvalue weighted by Gasteiger charge is 2.12. The lowest BCUT2D eigenvalue weighted by Gasteiger charge is -2.13. The molecule has 1 aromatic carbocycles. The number of rotatable bonds is 5. The van der Waals surface area contributed by atoms with E-state index in [2.05, 4.69) is 15.4 Å². The molecule has 0 radical (unpaired) electrons. The number of anilines is 1. The summed E-state index contributed by atoms with van der Waals surface area (Å²) in [4.78, 5) is 23.3. The van der Waals surface area contributed by atoms with Crippen molar-refractivity contribution in [1.82, 2.24) is 5.32 Å². The number of esters is 1. The van der Waals surface area contributed by atoms with E-state index < -0.39 is 5.97 Å². The average Bonchev–Trinajstić information content (AvgIpc) is 2.42. The zero-order chi connectivity index (χ0) is 15.1. The minimum atomic E-state index is -0.580. The summed E-state index contributed by atoms with van der Waals surface area (Å²) in [6.45, 7) is 6.17. The first-order valence-corrected chi connectivity index (χ1v) is 6.40. The zero-order valence-corrected chi connectivity index (χ0v) is 12.2. The summed E-state index contributed by atoms with van der Waals surface area (Å²) in [5.74, 6) is -0.928. The van der Waals surface area contributed by atoms with Crippen LogP contribution >= 0.6 is 0 Å². The Bertz CT molecular complexity index is 536. The van der Waals surface area contributed by atoms with E-state index in [0.29, 0.717) is 6.54 Å². The van der Waals surface area contributed by atoms with Gasteiger partial charge in [-0.1, -0.05) is 12.1 Å². The fourth-order valence-electron chi connectivity index (χ4n) is 1.61. The number of carbonyl (C=O) groups is 2. The van der Waals surface area contributed by atoms with Gasteiger partial charge in [-0.2, -0.15) is 0 Å². The Labute approximate surface area is 119 Å². The summed E-state index contributed by atoms with van der Waals surface area (Å²) < 4.78 is 4.57. The highest BCUT2D eigenvalue weighted by atomic mass is 16.5. The molecule has 0 bridgehead atoms. The topological polar surface area (TPSA) is 67.4 Å². The average molecular weight is 276 g/mol. The van der Waals surface area contributed by atoms with Gasteiger partial charge in [0.1, 0.15) is 5.70 Å². The van der Waals surface area contributed by atoms with E-state index in [1.54, 1.807) is 0 Å². The number of benzene rings is 1. The van der Waals surface area contributed by atoms with Crippen molar-refractivity contribution in [3.05, 3.63) is 41.1 Å². The number of amides is 1. The molecular weight excluding hydrogens is 256 g/mol. The summed E-state index contributed by atoms with van der Waals surface area (Å²) in [6, 6.07) is 5.85. The van der Waals surface area contributed by atoms with Crippen molar-refractivity contribution in [1.29, 1.82) is 0 Å². The largest absolute Gasteiger partial charge is 0.466 e. The molecule has 1 aromatic rings. The molecule has 0 saturated carbocycles. The van der Waals surface area contributed by atoms with Crippen LogP contribution in [0.1, 0.15) is 18.1 Å². The molecule has 5 nitrogen and oxygen atoms in total. The van der Waals surface area contributed by atoms with Gasteiger partial charge in [0, 0.05) is 12.2 Å². The fraction of sp³-hybridized carbons (Fsp3) is 0.333. The molecular formula is C15H20N2O3. The van der Waals surface area contributed by atoms with Crippen LogP contribution in [0.3, 0.4) is 0 Å². The number of aryl methyl sites for hydroxylation is 2. The molecule has 0 aliphatic carbocycles. The van der Waals surface area contributed by atoms with Gasteiger partial charge in [0.2, 0.25) is 0 Å². The van der Waals surface area contributed by atoms with Gasteiger partial charge >= 0.3 is 5.97 Å². The van der Waals surface area contributed by atoms with E-state index in [1.807, 2.05) is 39.0 Å². The monoisotopic (exact) mass is 276 g/mol. The predicted octanol–water partition coefficient (Wildman–Crippen LogP) is 1.91. The molecule has 0 aliphatic heterocycles. The van der Waals surface area contributed by atoms with Gasteiger partial charge in [0.15, 0.2) is 0 Å². The van der Waals surface area contributed by atoms with Crippen LogP contribution in [-0.4, -0.2) is 25.5 Å². The van der Waals surface area contributed by atoms with E-state index >= 15 is 0 Å². The van der Waals surface area contributed by atoms with Crippen LogP contribution in [0.5, 0.6) is 0 Å². The molecule has 20 heavy (non-hydrogen) atoms. The van der Waals surface area contributed by atoms with E-state index in [9.17, 15) is 9.59 Å². The summed E-state index contributed by atoms with van der Waals surface area (Å²) in [6.07, 6.45) is 1.15. The standard InChI is InChI=1S/C15H20N2O3/c1-5-16-15(19)13(9-14(18)20-4)17-12-8-10(2)6-7-11(12)3/h6-9,17H,5H2,1-4H3,(H,16,19)/b13-9-. The van der Waals surface area contributed by atoms with Crippen molar-refractivity contribution in [2.45, 2.75) is 20.8 Å². The second-order valence-corrected chi connectivity index (χ2v) is 4.38. The van der Waals surface area contributed by atoms with Gasteiger partial charge < -0.3 is 15.4 Å². The van der Waals surface area contributed by atoms with Gasteiger partial charge in [-0.15, -0.1) is 0 Å². The maximum Gasteiger partial charge on any atom is 0.332 e. The van der Waals surface area contributed by atoms with Crippen LogP contribution in [0.2, 0.25) is 0 Å². The highest BCUT2D eigenvalue weighted by molar-refractivity contribution is 6.01. The van der Waals surface area contributed by atoms with Crippen LogP contribution in [0.15, 0.2) is 30.0 Å². The van der Waals surface area contributed by atoms with E-state index in [-0.39, 0.29) is 11.6 Å². The molecule has 2 N–H and O–H groups in total. The number of hydrogen-bond acceptors (Lipinski definition) is 4. The molecule has 0 spiro atoms. The Hall–Kier alpha value is -2.30. The molecule has 0 unspecified atom stereocenters. The molecule has 5 heteroatoms. The van der Waals surface area contributed by atoms with Gasteiger partial charge in [-0.25, -0.2) is 4.79 Å². The zero-order valence-electron chi connectivity index (χ0n) is 12.2. The normalized spacial score (nSPS) is 10.9. The molecule has 0 aromatic heterocycles. The maximum atomic E-state index is 11.9. The molecule has 0 heterocycles. The third kappa shape index (κ3) is 4.42. The third-order valence-electron chi connectivity index (χ3n) is 2.71. The number of likely N-dealkylation sites (N-methyl/N-ethyl adjacent to an activating group) is 1. The van der Waals surface area contributed by atoms with Gasteiger partial charge in [-0.3, -0.25) is 4.79 Å². The minimum absolute atomic E-state index is 0.160. The van der Waals surface area contributed by atoms with Crippen molar-refractivity contribution in [3.63, 3.8) is 0 Å². The first kappa shape index (κ1) is 15.8. The van der Waals surface area contributed by atoms with Crippen molar-refractivity contribution >= 4 is 17.6 Å². The van der Waals surface area contributed by atoms with Crippen LogP contribution < -0.4 is 10.6 Å². The van der Waals surface area contributed by atoms with Crippen LogP contribution in [0, 0.1) is 13.8 Å². The van der Waals surface area contributed by atoms with Crippen molar-refractivity contribution in [2.75, 3.05) is 19.0 Å². The molecule has 1 rings (SSSR count). The number of ether oxygens (including phenoxy) is 1. The van der Waals surface area contributed by atoms with Crippen molar-refractivity contribution in [2.24, 2.45) is 0 Å². The van der Waals surface area contributed by atoms with Crippen LogP contribution in [0.4, 0.5) is 5.69 Å². The summed E-state index contributed by atoms with van der Waals surface area (Å²) in [5, 5.41) is 5.64. The fourth-order valence-corrected chi connectivity index (χ4v) is 1.61. The minimum Gasteiger partial charge on any atom is -0.466 e. The maximum absolute atomic E-state index is 11.9. The molecule has 108 valence electrons. The SMILES string of the molecule is CCNC(=O)/C(=C/C(=O)OC)Nc1cc(C)ccc1C. The molecule has 0 atom stereocenters. The summed E-state index contributed by atoms with van der Waals surface area (Å²) >= 11 is 0. The number of carbonyl (C=O) groups excluding carboxylic acids is 2. The van der Waals surface area contributed by atoms with E-state index in [4.69, 9.17) is 0 Å². The van der Waals surface area contributed by atoms with Gasteiger partial charge in [0.25, 0.3) is 5.91 Å². The lowest BCUT2D eigenvalue weighted by molar-refractivity contribution is -0.135. The lowest BCUT2D eigenvalue weighted by Crippen LogP contribution is -2.28. The molecule has 0 saturated heterocycles. The Morgan fingerprint density at radius 1 is 1.30 bits per heavy atom. The molecule has 0 aliphatic rings. The van der Waals surface area contributed by atoms with Gasteiger partial charge in [-0.05, 0) is 38.0 Å². The second-order valence-electron chi connectivity index (χ2n) is 4.38. The first-order valence-electron chi connectivity index (χ1n) is 6.40. The number of hydrogen-bond donors (Lipinski definition) is 2. The summed E-state index contributed by atoms with van der Waals surface area (Å²) in [5.41, 5.74) is 2.99.